The van der Waals surface area contributed by atoms with E-state index in [-0.39, 0.29) is 3.74 Å². The largest absolute Gasteiger partial charge is 0.456 e. The van der Waals surface area contributed by atoms with Gasteiger partial charge in [-0.15, -0.1) is 0 Å². The van der Waals surface area contributed by atoms with Crippen molar-refractivity contribution in [2.75, 3.05) is 0 Å². The minimum absolute atomic E-state index is 0.0592. The van der Waals surface area contributed by atoms with Crippen LogP contribution in [-0.4, -0.2) is 0 Å². The zero-order valence-corrected chi connectivity index (χ0v) is 13.7. The average molecular weight is 411 g/mol. The van der Waals surface area contributed by atoms with Gasteiger partial charge in [0.05, 0.1) is 8.76 Å². The van der Waals surface area contributed by atoms with Gasteiger partial charge in [-0.3, -0.25) is 0 Å². The van der Waals surface area contributed by atoms with Gasteiger partial charge in [0.15, 0.2) is 0 Å². The summed E-state index contributed by atoms with van der Waals surface area (Å²) in [6.07, 6.45) is 0. The number of alkyl halides is 2. The molecule has 0 bridgehead atoms. The molecular formula is C13H8Br2Cl2O. The molecule has 2 aromatic rings. The highest BCUT2D eigenvalue weighted by Crippen LogP contribution is 2.36. The average Bonchev–Trinajstić information content (AvgIpc) is 2.31. The van der Waals surface area contributed by atoms with Crippen LogP contribution in [0.15, 0.2) is 42.5 Å². The van der Waals surface area contributed by atoms with Crippen molar-refractivity contribution in [1.82, 2.24) is 0 Å². The topological polar surface area (TPSA) is 9.23 Å². The fraction of sp³-hybridized carbons (Fsp3) is 0.0769. The summed E-state index contributed by atoms with van der Waals surface area (Å²) in [4.78, 5) is 0. The van der Waals surface area contributed by atoms with Crippen molar-refractivity contribution < 1.29 is 4.74 Å². The summed E-state index contributed by atoms with van der Waals surface area (Å²) < 4.78 is 5.78. The highest BCUT2D eigenvalue weighted by molar-refractivity contribution is 9.24. The Hall–Kier alpha value is -0.220. The minimum Gasteiger partial charge on any atom is -0.456 e. The van der Waals surface area contributed by atoms with Crippen LogP contribution in [0.4, 0.5) is 0 Å². The van der Waals surface area contributed by atoms with Crippen molar-refractivity contribution in [3.63, 3.8) is 0 Å². The number of ether oxygens (including phenoxy) is 1. The summed E-state index contributed by atoms with van der Waals surface area (Å²) in [5, 5.41) is 1.18. The van der Waals surface area contributed by atoms with Crippen LogP contribution in [0.25, 0.3) is 0 Å². The predicted octanol–water partition coefficient (Wildman–Crippen LogP) is 6.57. The molecule has 0 aliphatic carbocycles. The third kappa shape index (κ3) is 3.64. The summed E-state index contributed by atoms with van der Waals surface area (Å²) in [6.45, 7) is 0. The van der Waals surface area contributed by atoms with E-state index in [0.717, 1.165) is 5.56 Å². The van der Waals surface area contributed by atoms with Crippen LogP contribution >= 0.6 is 55.1 Å². The van der Waals surface area contributed by atoms with Gasteiger partial charge >= 0.3 is 0 Å². The fourth-order valence-corrected chi connectivity index (χ4v) is 2.30. The van der Waals surface area contributed by atoms with E-state index in [2.05, 4.69) is 31.9 Å². The fourth-order valence-electron chi connectivity index (χ4n) is 1.39. The third-order valence-electron chi connectivity index (χ3n) is 2.23. The second-order valence-electron chi connectivity index (χ2n) is 3.55. The summed E-state index contributed by atoms with van der Waals surface area (Å²) in [7, 11) is 0. The lowest BCUT2D eigenvalue weighted by molar-refractivity contribution is 0.482. The molecule has 18 heavy (non-hydrogen) atoms. The number of rotatable bonds is 3. The molecule has 0 saturated carbocycles. The van der Waals surface area contributed by atoms with E-state index in [1.807, 2.05) is 24.3 Å². The van der Waals surface area contributed by atoms with Gasteiger partial charge in [-0.05, 0) is 35.9 Å². The molecule has 0 spiro atoms. The maximum Gasteiger partial charge on any atom is 0.146 e. The van der Waals surface area contributed by atoms with Crippen molar-refractivity contribution in [1.29, 1.82) is 0 Å². The van der Waals surface area contributed by atoms with Gasteiger partial charge in [-0.1, -0.05) is 67.2 Å². The van der Waals surface area contributed by atoms with Crippen molar-refractivity contribution >= 4 is 55.1 Å². The van der Waals surface area contributed by atoms with Gasteiger partial charge in [0.2, 0.25) is 0 Å². The van der Waals surface area contributed by atoms with Crippen molar-refractivity contribution in [3.8, 4) is 11.5 Å². The van der Waals surface area contributed by atoms with Gasteiger partial charge in [-0.2, -0.15) is 0 Å². The summed E-state index contributed by atoms with van der Waals surface area (Å²) >= 11 is 18.9. The Labute approximate surface area is 132 Å². The predicted molar refractivity (Wildman–Crippen MR) is 83.6 cm³/mol. The summed E-state index contributed by atoms with van der Waals surface area (Å²) in [6, 6.07) is 12.8. The van der Waals surface area contributed by atoms with E-state index < -0.39 is 0 Å². The lowest BCUT2D eigenvalue weighted by Gasteiger charge is -2.10. The third-order valence-corrected chi connectivity index (χ3v) is 3.84. The Balaban J connectivity index is 2.30. The lowest BCUT2D eigenvalue weighted by atomic mass is 10.2. The molecule has 5 heteroatoms. The van der Waals surface area contributed by atoms with Crippen molar-refractivity contribution in [2.24, 2.45) is 0 Å². The maximum atomic E-state index is 6.10. The van der Waals surface area contributed by atoms with Gasteiger partial charge in [0.1, 0.15) is 11.5 Å². The highest BCUT2D eigenvalue weighted by atomic mass is 79.9. The molecule has 0 atom stereocenters. The molecule has 0 aromatic heterocycles. The normalized spacial score (nSPS) is 10.7. The molecule has 0 fully saturated rings. The van der Waals surface area contributed by atoms with Crippen LogP contribution in [0.1, 0.15) is 9.30 Å². The van der Waals surface area contributed by atoms with Crippen LogP contribution in [0.3, 0.4) is 0 Å². The Morgan fingerprint density at radius 1 is 1.00 bits per heavy atom. The summed E-state index contributed by atoms with van der Waals surface area (Å²) in [5.41, 5.74) is 1.02. The number of halogens is 4. The van der Waals surface area contributed by atoms with Crippen LogP contribution in [0.5, 0.6) is 11.5 Å². The zero-order valence-electron chi connectivity index (χ0n) is 9.04. The second kappa shape index (κ2) is 6.29. The zero-order chi connectivity index (χ0) is 13.1. The molecule has 0 aliphatic rings. The first-order valence-corrected chi connectivity index (χ1v) is 7.66. The minimum atomic E-state index is 0.0592. The maximum absolute atomic E-state index is 6.10. The van der Waals surface area contributed by atoms with Crippen LogP contribution < -0.4 is 4.74 Å². The molecule has 2 rings (SSSR count). The molecular weight excluding hydrogens is 403 g/mol. The first-order chi connectivity index (χ1) is 8.56. The van der Waals surface area contributed by atoms with Crippen molar-refractivity contribution in [3.05, 3.63) is 58.1 Å². The molecule has 0 radical (unpaired) electrons. The van der Waals surface area contributed by atoms with Crippen LogP contribution in [-0.2, 0) is 0 Å². The van der Waals surface area contributed by atoms with Gasteiger partial charge in [-0.25, -0.2) is 0 Å². The van der Waals surface area contributed by atoms with E-state index in [1.54, 1.807) is 18.2 Å². The Morgan fingerprint density at radius 2 is 1.78 bits per heavy atom. The number of hydrogen-bond acceptors (Lipinski definition) is 1. The number of hydrogen-bond donors (Lipinski definition) is 0. The van der Waals surface area contributed by atoms with Gasteiger partial charge < -0.3 is 4.74 Å². The van der Waals surface area contributed by atoms with E-state index in [1.165, 1.54) is 0 Å². The first kappa shape index (κ1) is 14.2. The van der Waals surface area contributed by atoms with E-state index in [4.69, 9.17) is 27.9 Å². The molecule has 2 aromatic carbocycles. The Bertz CT molecular complexity index is 558. The highest BCUT2D eigenvalue weighted by Gasteiger charge is 2.09. The molecule has 0 N–H and O–H groups in total. The molecule has 0 amide bonds. The molecule has 0 aliphatic heterocycles. The lowest BCUT2D eigenvalue weighted by Crippen LogP contribution is -1.88. The van der Waals surface area contributed by atoms with Gasteiger partial charge in [0.25, 0.3) is 0 Å². The monoisotopic (exact) mass is 408 g/mol. The quantitative estimate of drug-likeness (QED) is 0.519. The Kier molecular flexibility index (Phi) is 4.96. The van der Waals surface area contributed by atoms with Crippen molar-refractivity contribution in [2.45, 2.75) is 3.74 Å². The Morgan fingerprint density at radius 3 is 2.44 bits per heavy atom. The van der Waals surface area contributed by atoms with E-state index >= 15 is 0 Å². The van der Waals surface area contributed by atoms with Gasteiger partial charge in [0, 0.05) is 5.02 Å². The van der Waals surface area contributed by atoms with E-state index in [0.29, 0.717) is 21.5 Å². The first-order valence-electron chi connectivity index (χ1n) is 5.07. The molecule has 0 saturated heterocycles. The standard InChI is InChI=1S/C13H8Br2Cl2O/c14-13(15)8-4-5-11(17)12(6-8)18-10-3-1-2-9(16)7-10/h1-7,13H. The smallest absolute Gasteiger partial charge is 0.146 e. The second-order valence-corrected chi connectivity index (χ2v) is 7.45. The van der Waals surface area contributed by atoms with E-state index in [9.17, 15) is 0 Å². The molecule has 0 unspecified atom stereocenters. The van der Waals surface area contributed by atoms with Crippen LogP contribution in [0.2, 0.25) is 10.0 Å². The number of benzene rings is 2. The molecule has 94 valence electrons. The van der Waals surface area contributed by atoms with Crippen LogP contribution in [0, 0.1) is 0 Å². The SMILES string of the molecule is Clc1cccc(Oc2cc(C(Br)Br)ccc2Cl)c1. The summed E-state index contributed by atoms with van der Waals surface area (Å²) in [5.74, 6) is 1.25. The molecule has 0 heterocycles. The molecule has 1 nitrogen and oxygen atoms in total.